The zero-order valence-electron chi connectivity index (χ0n) is 16.0. The Morgan fingerprint density at radius 2 is 1.75 bits per heavy atom. The van der Waals surface area contributed by atoms with Crippen LogP contribution in [0.2, 0.25) is 0 Å². The largest absolute Gasteiger partial charge is 0.351 e. The minimum atomic E-state index is 0.445. The van der Waals surface area contributed by atoms with Crippen LogP contribution in [0.4, 0.5) is 17.5 Å². The number of aryl methyl sites for hydroxylation is 1. The molecule has 5 nitrogen and oxygen atoms in total. The fourth-order valence-electron chi connectivity index (χ4n) is 3.54. The van der Waals surface area contributed by atoms with E-state index in [1.807, 2.05) is 18.2 Å². The van der Waals surface area contributed by atoms with Crippen LogP contribution in [-0.2, 0) is 0 Å². The highest BCUT2D eigenvalue weighted by molar-refractivity contribution is 9.10. The van der Waals surface area contributed by atoms with Crippen molar-refractivity contribution in [3.05, 3.63) is 58.8 Å². The molecule has 2 heterocycles. The lowest BCUT2D eigenvalue weighted by molar-refractivity contribution is 0.461. The summed E-state index contributed by atoms with van der Waals surface area (Å²) in [5.41, 5.74) is 4.09. The zero-order chi connectivity index (χ0) is 19.3. The lowest BCUT2D eigenvalue weighted by atomic mass is 9.96. The number of aromatic nitrogens is 3. The quantitative estimate of drug-likeness (QED) is 0.504. The second-order valence-electron chi connectivity index (χ2n) is 7.29. The van der Waals surface area contributed by atoms with Gasteiger partial charge in [-0.25, -0.2) is 4.98 Å². The Labute approximate surface area is 174 Å². The van der Waals surface area contributed by atoms with E-state index in [1.54, 1.807) is 12.4 Å². The van der Waals surface area contributed by atoms with Gasteiger partial charge in [0.05, 0.1) is 11.4 Å². The topological polar surface area (TPSA) is 62.7 Å². The standard InChI is InChI=1S/C22H24BrN5/c1-15-7-8-19(18(23)13-15)26-21-14-20(16-9-11-24-12-10-16)27-22(28-21)25-17-5-3-2-4-6-17/h7-14,17H,2-6H2,1H3,(H2,25,26,27,28). The van der Waals surface area contributed by atoms with Crippen LogP contribution in [0.5, 0.6) is 0 Å². The molecule has 0 saturated heterocycles. The lowest BCUT2D eigenvalue weighted by Crippen LogP contribution is -2.23. The van der Waals surface area contributed by atoms with E-state index in [-0.39, 0.29) is 0 Å². The normalized spacial score (nSPS) is 14.6. The Balaban J connectivity index is 1.66. The highest BCUT2D eigenvalue weighted by Crippen LogP contribution is 2.29. The van der Waals surface area contributed by atoms with Crippen LogP contribution in [0.3, 0.4) is 0 Å². The molecule has 2 aromatic heterocycles. The van der Waals surface area contributed by atoms with Crippen molar-refractivity contribution < 1.29 is 0 Å². The smallest absolute Gasteiger partial charge is 0.225 e. The first kappa shape index (κ1) is 18.9. The predicted molar refractivity (Wildman–Crippen MR) is 118 cm³/mol. The van der Waals surface area contributed by atoms with E-state index >= 15 is 0 Å². The number of pyridine rings is 1. The van der Waals surface area contributed by atoms with Crippen molar-refractivity contribution in [2.75, 3.05) is 10.6 Å². The van der Waals surface area contributed by atoms with Gasteiger partial charge in [0.2, 0.25) is 5.95 Å². The molecule has 0 bridgehead atoms. The van der Waals surface area contributed by atoms with Crippen LogP contribution >= 0.6 is 15.9 Å². The van der Waals surface area contributed by atoms with Gasteiger partial charge in [-0.15, -0.1) is 0 Å². The number of benzene rings is 1. The summed E-state index contributed by atoms with van der Waals surface area (Å²) in [7, 11) is 0. The molecule has 1 aromatic carbocycles. The third-order valence-corrected chi connectivity index (χ3v) is 5.68. The fourth-order valence-corrected chi connectivity index (χ4v) is 4.13. The molecule has 0 spiro atoms. The van der Waals surface area contributed by atoms with Gasteiger partial charge in [-0.2, -0.15) is 4.98 Å². The number of rotatable bonds is 5. The zero-order valence-corrected chi connectivity index (χ0v) is 17.5. The number of nitrogens with one attached hydrogen (secondary N) is 2. The molecule has 1 saturated carbocycles. The molecule has 0 unspecified atom stereocenters. The van der Waals surface area contributed by atoms with Crippen LogP contribution in [0, 0.1) is 6.92 Å². The number of hydrogen-bond donors (Lipinski definition) is 2. The summed E-state index contributed by atoms with van der Waals surface area (Å²) in [6.45, 7) is 2.08. The summed E-state index contributed by atoms with van der Waals surface area (Å²) >= 11 is 3.64. The second kappa shape index (κ2) is 8.69. The van der Waals surface area contributed by atoms with Gasteiger partial charge in [-0.05, 0) is 65.5 Å². The maximum atomic E-state index is 4.77. The maximum Gasteiger partial charge on any atom is 0.225 e. The number of halogens is 1. The predicted octanol–water partition coefficient (Wildman–Crippen LogP) is 6.10. The van der Waals surface area contributed by atoms with Crippen LogP contribution < -0.4 is 10.6 Å². The van der Waals surface area contributed by atoms with E-state index in [9.17, 15) is 0 Å². The average Bonchev–Trinajstić information content (AvgIpc) is 2.71. The van der Waals surface area contributed by atoms with Crippen molar-refractivity contribution in [1.82, 2.24) is 15.0 Å². The second-order valence-corrected chi connectivity index (χ2v) is 8.14. The fraction of sp³-hybridized carbons (Fsp3) is 0.318. The molecule has 144 valence electrons. The molecule has 0 atom stereocenters. The van der Waals surface area contributed by atoms with Gasteiger partial charge in [0.15, 0.2) is 0 Å². The van der Waals surface area contributed by atoms with Crippen molar-refractivity contribution in [1.29, 1.82) is 0 Å². The first-order chi connectivity index (χ1) is 13.7. The van der Waals surface area contributed by atoms with Crippen LogP contribution in [0.15, 0.2) is 53.3 Å². The van der Waals surface area contributed by atoms with E-state index < -0.39 is 0 Å². The summed E-state index contributed by atoms with van der Waals surface area (Å²) in [6, 6.07) is 12.6. The third-order valence-electron chi connectivity index (χ3n) is 5.03. The summed E-state index contributed by atoms with van der Waals surface area (Å²) < 4.78 is 1.01. The van der Waals surface area contributed by atoms with E-state index in [4.69, 9.17) is 9.97 Å². The molecule has 6 heteroatoms. The van der Waals surface area contributed by atoms with E-state index in [0.717, 1.165) is 27.2 Å². The summed E-state index contributed by atoms with van der Waals surface area (Å²) in [5, 5.41) is 6.98. The summed E-state index contributed by atoms with van der Waals surface area (Å²) in [5.74, 6) is 1.44. The molecular formula is C22H24BrN5. The summed E-state index contributed by atoms with van der Waals surface area (Å²) in [4.78, 5) is 13.6. The van der Waals surface area contributed by atoms with Gasteiger partial charge >= 0.3 is 0 Å². The Hall–Kier alpha value is -2.47. The molecule has 0 aliphatic heterocycles. The van der Waals surface area contributed by atoms with Gasteiger partial charge in [0, 0.05) is 34.5 Å². The molecule has 28 heavy (non-hydrogen) atoms. The molecule has 1 fully saturated rings. The molecule has 3 aromatic rings. The average molecular weight is 438 g/mol. The third kappa shape index (κ3) is 4.68. The molecule has 1 aliphatic rings. The Bertz CT molecular complexity index is 939. The maximum absolute atomic E-state index is 4.77. The van der Waals surface area contributed by atoms with Gasteiger partial charge < -0.3 is 10.6 Å². The number of nitrogens with zero attached hydrogens (tertiary/aromatic N) is 3. The lowest BCUT2D eigenvalue weighted by Gasteiger charge is -2.23. The molecule has 0 radical (unpaired) electrons. The summed E-state index contributed by atoms with van der Waals surface area (Å²) in [6.07, 6.45) is 9.78. The van der Waals surface area contributed by atoms with Crippen molar-refractivity contribution >= 4 is 33.4 Å². The first-order valence-electron chi connectivity index (χ1n) is 9.76. The van der Waals surface area contributed by atoms with Crippen LogP contribution in [0.25, 0.3) is 11.3 Å². The van der Waals surface area contributed by atoms with E-state index in [2.05, 4.69) is 56.7 Å². The molecule has 2 N–H and O–H groups in total. The van der Waals surface area contributed by atoms with Gasteiger partial charge in [-0.1, -0.05) is 25.3 Å². The van der Waals surface area contributed by atoms with Crippen molar-refractivity contribution in [2.24, 2.45) is 0 Å². The Kier molecular flexibility index (Phi) is 5.86. The van der Waals surface area contributed by atoms with Crippen LogP contribution in [0.1, 0.15) is 37.7 Å². The van der Waals surface area contributed by atoms with Crippen molar-refractivity contribution in [2.45, 2.75) is 45.1 Å². The van der Waals surface area contributed by atoms with E-state index in [0.29, 0.717) is 12.0 Å². The SMILES string of the molecule is Cc1ccc(Nc2cc(-c3ccncc3)nc(NC3CCCCC3)n2)c(Br)c1. The number of hydrogen-bond acceptors (Lipinski definition) is 5. The first-order valence-corrected chi connectivity index (χ1v) is 10.6. The van der Waals surface area contributed by atoms with Crippen molar-refractivity contribution in [3.63, 3.8) is 0 Å². The molecule has 1 aliphatic carbocycles. The van der Waals surface area contributed by atoms with E-state index in [1.165, 1.54) is 37.7 Å². The van der Waals surface area contributed by atoms with Gasteiger partial charge in [-0.3, -0.25) is 4.98 Å². The number of anilines is 3. The highest BCUT2D eigenvalue weighted by atomic mass is 79.9. The molecular weight excluding hydrogens is 414 g/mol. The minimum Gasteiger partial charge on any atom is -0.351 e. The molecule has 4 rings (SSSR count). The minimum absolute atomic E-state index is 0.445. The van der Waals surface area contributed by atoms with Crippen LogP contribution in [-0.4, -0.2) is 21.0 Å². The van der Waals surface area contributed by atoms with Gasteiger partial charge in [0.25, 0.3) is 0 Å². The van der Waals surface area contributed by atoms with Gasteiger partial charge in [0.1, 0.15) is 5.82 Å². The Morgan fingerprint density at radius 3 is 2.50 bits per heavy atom. The monoisotopic (exact) mass is 437 g/mol. The highest BCUT2D eigenvalue weighted by Gasteiger charge is 2.16. The Morgan fingerprint density at radius 1 is 0.964 bits per heavy atom. The van der Waals surface area contributed by atoms with Crippen molar-refractivity contribution in [3.8, 4) is 11.3 Å². The molecule has 0 amide bonds.